The predicted molar refractivity (Wildman–Crippen MR) is 143 cm³/mol. The molecule has 0 unspecified atom stereocenters. The summed E-state index contributed by atoms with van der Waals surface area (Å²) < 4.78 is 14.0. The van der Waals surface area contributed by atoms with Crippen LogP contribution in [0.15, 0.2) is 61.2 Å². The number of nitrogens with one attached hydrogen (secondary N) is 3. The highest BCUT2D eigenvalue weighted by molar-refractivity contribution is 5.97. The van der Waals surface area contributed by atoms with E-state index in [1.54, 1.807) is 30.9 Å². The summed E-state index contributed by atoms with van der Waals surface area (Å²) in [5.41, 5.74) is 5.40. The SMILES string of the molecule is O=C(Nc1cncc(-c2cc3c(-c4nc5c(-c6cc(O)cc(F)c6)ccnc5[nH]4)n[nH]c3cn2)c1)C1CCC1. The number of rotatable bonds is 5. The van der Waals surface area contributed by atoms with Crippen LogP contribution >= 0.6 is 0 Å². The van der Waals surface area contributed by atoms with Crippen LogP contribution in [0.3, 0.4) is 0 Å². The first-order valence-corrected chi connectivity index (χ1v) is 12.5. The number of hydrogen-bond acceptors (Lipinski definition) is 7. The number of aromatic hydroxyl groups is 1. The molecule has 0 bridgehead atoms. The van der Waals surface area contributed by atoms with Gasteiger partial charge in [0.05, 0.1) is 29.3 Å². The van der Waals surface area contributed by atoms with Crippen molar-refractivity contribution in [2.75, 3.05) is 5.32 Å². The largest absolute Gasteiger partial charge is 0.508 e. The van der Waals surface area contributed by atoms with Gasteiger partial charge in [-0.2, -0.15) is 5.10 Å². The minimum absolute atomic E-state index is 0.0204. The average molecular weight is 521 g/mol. The highest BCUT2D eigenvalue weighted by Gasteiger charge is 2.25. The Morgan fingerprint density at radius 3 is 2.77 bits per heavy atom. The molecule has 11 heteroatoms. The van der Waals surface area contributed by atoms with Crippen LogP contribution in [-0.4, -0.2) is 46.1 Å². The summed E-state index contributed by atoms with van der Waals surface area (Å²) >= 11 is 0. The lowest BCUT2D eigenvalue weighted by molar-refractivity contribution is -0.122. The van der Waals surface area contributed by atoms with Crippen molar-refractivity contribution in [3.63, 3.8) is 0 Å². The van der Waals surface area contributed by atoms with Gasteiger partial charge in [0.25, 0.3) is 0 Å². The molecule has 6 aromatic rings. The van der Waals surface area contributed by atoms with Crippen molar-refractivity contribution in [2.45, 2.75) is 19.3 Å². The highest BCUT2D eigenvalue weighted by atomic mass is 19.1. The van der Waals surface area contributed by atoms with Crippen molar-refractivity contribution in [1.29, 1.82) is 0 Å². The molecule has 1 aromatic carbocycles. The molecule has 1 fully saturated rings. The van der Waals surface area contributed by atoms with Crippen LogP contribution in [0.4, 0.5) is 10.1 Å². The Balaban J connectivity index is 1.27. The van der Waals surface area contributed by atoms with Gasteiger partial charge < -0.3 is 15.4 Å². The number of fused-ring (bicyclic) bond motifs is 2. The summed E-state index contributed by atoms with van der Waals surface area (Å²) in [6.07, 6.45) is 9.52. The van der Waals surface area contributed by atoms with Crippen molar-refractivity contribution in [3.05, 3.63) is 67.0 Å². The number of imidazole rings is 1. The van der Waals surface area contributed by atoms with Gasteiger partial charge in [-0.1, -0.05) is 6.42 Å². The number of halogens is 1. The van der Waals surface area contributed by atoms with E-state index in [1.165, 1.54) is 12.1 Å². The van der Waals surface area contributed by atoms with Gasteiger partial charge in [0, 0.05) is 40.9 Å². The number of hydrogen-bond donors (Lipinski definition) is 4. The standard InChI is InChI=1S/C28H21FN8O2/c29-17-6-15(8-19(38)9-17)20-4-5-31-26-24(20)34-27(35-26)25-21-10-22(32-13-23(21)36-37-25)16-7-18(12-30-11-16)33-28(39)14-2-1-3-14/h4-14,38H,1-3H2,(H,33,39)(H,36,37)(H,31,34,35). The van der Waals surface area contributed by atoms with E-state index in [9.17, 15) is 14.3 Å². The van der Waals surface area contributed by atoms with Gasteiger partial charge in [0.1, 0.15) is 22.8 Å². The quantitative estimate of drug-likeness (QED) is 0.244. The number of benzene rings is 1. The molecule has 4 N–H and O–H groups in total. The number of carbonyl (C=O) groups excluding carboxylic acids is 1. The lowest BCUT2D eigenvalue weighted by Crippen LogP contribution is -2.28. The van der Waals surface area contributed by atoms with Gasteiger partial charge >= 0.3 is 0 Å². The Kier molecular flexibility index (Phi) is 5.29. The first-order chi connectivity index (χ1) is 19.0. The number of phenolic OH excluding ortho intramolecular Hbond substituents is 1. The van der Waals surface area contributed by atoms with Gasteiger partial charge in [-0.25, -0.2) is 14.4 Å². The number of carbonyl (C=O) groups is 1. The summed E-state index contributed by atoms with van der Waals surface area (Å²) in [4.78, 5) is 33.6. The van der Waals surface area contributed by atoms with Crippen LogP contribution in [0, 0.1) is 11.7 Å². The molecule has 5 heterocycles. The van der Waals surface area contributed by atoms with Gasteiger partial charge in [0.15, 0.2) is 11.5 Å². The van der Waals surface area contributed by atoms with Crippen molar-refractivity contribution in [3.8, 4) is 39.7 Å². The van der Waals surface area contributed by atoms with E-state index in [0.29, 0.717) is 50.7 Å². The summed E-state index contributed by atoms with van der Waals surface area (Å²) in [6.45, 7) is 0. The second kappa shape index (κ2) is 8.98. The number of nitrogens with zero attached hydrogens (tertiary/aromatic N) is 5. The molecule has 1 amide bonds. The molecule has 0 aliphatic heterocycles. The van der Waals surface area contributed by atoms with Crippen molar-refractivity contribution in [1.82, 2.24) is 35.1 Å². The maximum atomic E-state index is 14.0. The van der Waals surface area contributed by atoms with Crippen molar-refractivity contribution >= 4 is 33.7 Å². The lowest BCUT2D eigenvalue weighted by atomic mass is 9.85. The number of amides is 1. The number of phenols is 1. The maximum absolute atomic E-state index is 14.0. The third-order valence-corrected chi connectivity index (χ3v) is 7.03. The Labute approximate surface area is 220 Å². The summed E-state index contributed by atoms with van der Waals surface area (Å²) in [7, 11) is 0. The summed E-state index contributed by atoms with van der Waals surface area (Å²) in [5.74, 6) is -0.168. The molecular weight excluding hydrogens is 499 g/mol. The van der Waals surface area contributed by atoms with Crippen LogP contribution in [-0.2, 0) is 4.79 Å². The van der Waals surface area contributed by atoms with Crippen LogP contribution in [0.2, 0.25) is 0 Å². The van der Waals surface area contributed by atoms with Gasteiger partial charge in [-0.15, -0.1) is 0 Å². The van der Waals surface area contributed by atoms with Crippen LogP contribution in [0.25, 0.3) is 56.0 Å². The molecule has 1 aliphatic rings. The highest BCUT2D eigenvalue weighted by Crippen LogP contribution is 2.33. The second-order valence-corrected chi connectivity index (χ2v) is 9.61. The van der Waals surface area contributed by atoms with Gasteiger partial charge in [-0.05, 0) is 48.7 Å². The summed E-state index contributed by atoms with van der Waals surface area (Å²) in [6, 6.07) is 9.31. The van der Waals surface area contributed by atoms with E-state index in [4.69, 9.17) is 4.98 Å². The topological polar surface area (TPSA) is 145 Å². The zero-order valence-corrected chi connectivity index (χ0v) is 20.4. The zero-order valence-electron chi connectivity index (χ0n) is 20.4. The molecule has 0 radical (unpaired) electrons. The molecular formula is C28H21FN8O2. The predicted octanol–water partition coefficient (Wildman–Crippen LogP) is 5.21. The third-order valence-electron chi connectivity index (χ3n) is 7.03. The van der Waals surface area contributed by atoms with E-state index < -0.39 is 5.82 Å². The molecule has 1 aliphatic carbocycles. The Bertz CT molecular complexity index is 1870. The molecule has 7 rings (SSSR count). The van der Waals surface area contributed by atoms with Crippen molar-refractivity contribution < 1.29 is 14.3 Å². The van der Waals surface area contributed by atoms with Crippen molar-refractivity contribution in [2.24, 2.45) is 5.92 Å². The molecule has 1 saturated carbocycles. The van der Waals surface area contributed by atoms with Gasteiger partial charge in [-0.3, -0.25) is 19.9 Å². The number of aromatic nitrogens is 7. The molecule has 0 spiro atoms. The molecule has 192 valence electrons. The first-order valence-electron chi connectivity index (χ1n) is 12.5. The van der Waals surface area contributed by atoms with Crippen LogP contribution < -0.4 is 5.32 Å². The Morgan fingerprint density at radius 1 is 1.05 bits per heavy atom. The second-order valence-electron chi connectivity index (χ2n) is 9.61. The van der Waals surface area contributed by atoms with Crippen LogP contribution in [0.1, 0.15) is 19.3 Å². The number of H-pyrrole nitrogens is 2. The van der Waals surface area contributed by atoms with Gasteiger partial charge in [0.2, 0.25) is 5.91 Å². The zero-order chi connectivity index (χ0) is 26.5. The first kappa shape index (κ1) is 23.0. The Hall–Kier alpha value is -5.19. The van der Waals surface area contributed by atoms with E-state index in [1.807, 2.05) is 12.1 Å². The van der Waals surface area contributed by atoms with E-state index >= 15 is 0 Å². The third kappa shape index (κ3) is 4.13. The average Bonchev–Trinajstić information content (AvgIpc) is 3.50. The molecule has 5 aromatic heterocycles. The Morgan fingerprint density at radius 2 is 1.95 bits per heavy atom. The fourth-order valence-electron chi connectivity index (χ4n) is 4.80. The maximum Gasteiger partial charge on any atom is 0.227 e. The molecule has 0 atom stereocenters. The number of anilines is 1. The van der Waals surface area contributed by atoms with E-state index in [-0.39, 0.29) is 17.6 Å². The fourth-order valence-corrected chi connectivity index (χ4v) is 4.80. The number of pyridine rings is 3. The minimum atomic E-state index is -0.551. The number of aromatic amines is 2. The summed E-state index contributed by atoms with van der Waals surface area (Å²) in [5, 5.41) is 21.1. The fraction of sp³-hybridized carbons (Fsp3) is 0.143. The van der Waals surface area contributed by atoms with E-state index in [2.05, 4.69) is 35.5 Å². The van der Waals surface area contributed by atoms with E-state index in [0.717, 1.165) is 36.3 Å². The lowest BCUT2D eigenvalue weighted by Gasteiger charge is -2.24. The molecule has 0 saturated heterocycles. The monoisotopic (exact) mass is 520 g/mol. The smallest absolute Gasteiger partial charge is 0.227 e. The minimum Gasteiger partial charge on any atom is -0.508 e. The van der Waals surface area contributed by atoms with Crippen LogP contribution in [0.5, 0.6) is 5.75 Å². The normalized spacial score (nSPS) is 13.6. The molecule has 10 nitrogen and oxygen atoms in total. The molecule has 39 heavy (non-hydrogen) atoms.